The van der Waals surface area contributed by atoms with E-state index in [1.807, 2.05) is 0 Å². The Labute approximate surface area is 336 Å². The van der Waals surface area contributed by atoms with E-state index in [1.54, 1.807) is 30.3 Å². The number of carbonyl (C=O) groups is 4. The first-order valence-electron chi connectivity index (χ1n) is 16.9. The number of nitrogens with one attached hydrogen (secondary N) is 4. The van der Waals surface area contributed by atoms with Crippen molar-refractivity contribution in [3.8, 4) is 0 Å². The minimum Gasteiger partial charge on any atom is -0.478 e. The van der Waals surface area contributed by atoms with Crippen LogP contribution in [0.4, 0.5) is 11.4 Å². The third-order valence-corrected chi connectivity index (χ3v) is 10.4. The molecule has 0 saturated heterocycles. The fourth-order valence-corrected chi connectivity index (χ4v) is 7.11. The number of anilines is 2. The van der Waals surface area contributed by atoms with Crippen LogP contribution in [0.1, 0.15) is 31.8 Å². The Balaban J connectivity index is 0.000000310. The third-order valence-electron chi connectivity index (χ3n) is 7.57. The summed E-state index contributed by atoms with van der Waals surface area (Å²) in [6, 6.07) is 23.8. The van der Waals surface area contributed by atoms with Crippen LogP contribution in [-0.4, -0.2) is 50.8 Å². The Morgan fingerprint density at radius 3 is 1.40 bits per heavy atom. The average Bonchev–Trinajstić information content (AvgIpc) is 3.18. The molecule has 0 bridgehead atoms. The Morgan fingerprint density at radius 1 is 0.534 bits per heavy atom. The zero-order valence-corrected chi connectivity index (χ0v) is 32.6. The topological polar surface area (TPSA) is 225 Å². The molecule has 0 radical (unpaired) electrons. The standard InChI is InChI=1S/2C21H20N2O5S/c1-3-8-16(4-2)23-29(27,28)17-10-7-9-15(13-17)14-20(24)22-19-12-6-5-11-18(19)21(25)26;1-3-7-16(4-2)23-29(27,28)17-12-10-15(11-13-17)14-20(24)22-19-9-6-5-8-18(19)21(25)26/h2*3-13,23H,1-2,14H2,(H,22,24)(H,25,26)/b16-8+;16-7+. The molecule has 58 heavy (non-hydrogen) atoms. The number of carboxylic acids is 2. The van der Waals surface area contributed by atoms with Crippen LogP contribution in [0.15, 0.2) is 181 Å². The molecule has 0 aliphatic carbocycles. The van der Waals surface area contributed by atoms with Gasteiger partial charge in [0.2, 0.25) is 11.8 Å². The van der Waals surface area contributed by atoms with Crippen molar-refractivity contribution in [2.24, 2.45) is 0 Å². The second-order valence-corrected chi connectivity index (χ2v) is 15.1. The summed E-state index contributed by atoms with van der Waals surface area (Å²) in [6.45, 7) is 14.1. The lowest BCUT2D eigenvalue weighted by Gasteiger charge is -2.11. The number of sulfonamides is 2. The molecule has 0 aromatic heterocycles. The number of allylic oxidation sites excluding steroid dienone is 6. The highest BCUT2D eigenvalue weighted by molar-refractivity contribution is 7.90. The second-order valence-electron chi connectivity index (χ2n) is 11.8. The van der Waals surface area contributed by atoms with Crippen molar-refractivity contribution in [3.63, 3.8) is 0 Å². The SMILES string of the molecule is C=C/C=C(\C=C)NS(=O)(=O)c1ccc(CC(=O)Nc2ccccc2C(=O)O)cc1.C=C/C=C(\C=C)NS(=O)(=O)c1cccc(CC(=O)Nc2ccccc2C(=O)O)c1. The summed E-state index contributed by atoms with van der Waals surface area (Å²) in [5, 5.41) is 23.4. The van der Waals surface area contributed by atoms with E-state index in [2.05, 4.69) is 46.4 Å². The number of carboxylic acid groups (broad SMARTS) is 2. The quantitative estimate of drug-likeness (QED) is 0.0623. The molecular weight excluding hydrogens is 785 g/mol. The van der Waals surface area contributed by atoms with Gasteiger partial charge in [-0.15, -0.1) is 0 Å². The maximum Gasteiger partial charge on any atom is 0.337 e. The van der Waals surface area contributed by atoms with Gasteiger partial charge in [-0.2, -0.15) is 0 Å². The summed E-state index contributed by atoms with van der Waals surface area (Å²) in [4.78, 5) is 47.0. The van der Waals surface area contributed by atoms with Gasteiger partial charge < -0.3 is 20.8 Å². The summed E-state index contributed by atoms with van der Waals surface area (Å²) in [6.07, 6.45) is 8.31. The number of hydrogen-bond acceptors (Lipinski definition) is 8. The average molecular weight is 825 g/mol. The number of para-hydroxylation sites is 2. The van der Waals surface area contributed by atoms with Crippen LogP contribution in [0, 0.1) is 0 Å². The van der Waals surface area contributed by atoms with Gasteiger partial charge in [-0.25, -0.2) is 26.4 Å². The van der Waals surface area contributed by atoms with E-state index in [0.717, 1.165) is 0 Å². The van der Waals surface area contributed by atoms with Crippen molar-refractivity contribution in [2.45, 2.75) is 22.6 Å². The zero-order valence-electron chi connectivity index (χ0n) is 30.9. The van der Waals surface area contributed by atoms with Gasteiger partial charge in [0.15, 0.2) is 0 Å². The van der Waals surface area contributed by atoms with Crippen LogP contribution in [-0.2, 0) is 42.5 Å². The van der Waals surface area contributed by atoms with E-state index >= 15 is 0 Å². The highest BCUT2D eigenvalue weighted by atomic mass is 32.2. The molecular formula is C42H40N4O10S2. The molecule has 4 aromatic rings. The van der Waals surface area contributed by atoms with Gasteiger partial charge in [-0.05, 0) is 84.0 Å². The summed E-state index contributed by atoms with van der Waals surface area (Å²) in [5.74, 6) is -3.20. The van der Waals surface area contributed by atoms with Gasteiger partial charge in [0.25, 0.3) is 20.0 Å². The smallest absolute Gasteiger partial charge is 0.337 e. The molecule has 4 aromatic carbocycles. The van der Waals surface area contributed by atoms with Crippen LogP contribution in [0.25, 0.3) is 0 Å². The Kier molecular flexibility index (Phi) is 16.4. The molecule has 0 saturated carbocycles. The lowest BCUT2D eigenvalue weighted by atomic mass is 10.1. The number of carbonyl (C=O) groups excluding carboxylic acids is 2. The highest BCUT2D eigenvalue weighted by Crippen LogP contribution is 2.19. The van der Waals surface area contributed by atoms with E-state index in [-0.39, 0.29) is 56.5 Å². The van der Waals surface area contributed by atoms with Gasteiger partial charge in [-0.3, -0.25) is 19.0 Å². The van der Waals surface area contributed by atoms with Crippen LogP contribution >= 0.6 is 0 Å². The summed E-state index contributed by atoms with van der Waals surface area (Å²) < 4.78 is 54.6. The number of rotatable bonds is 18. The maximum absolute atomic E-state index is 12.5. The predicted octanol–water partition coefficient (Wildman–Crippen LogP) is 6.20. The molecule has 0 atom stereocenters. The van der Waals surface area contributed by atoms with E-state index in [0.29, 0.717) is 11.1 Å². The monoisotopic (exact) mass is 824 g/mol. The van der Waals surface area contributed by atoms with Crippen LogP contribution in [0.5, 0.6) is 0 Å². The van der Waals surface area contributed by atoms with Crippen molar-refractivity contribution < 1.29 is 46.2 Å². The van der Waals surface area contributed by atoms with Crippen molar-refractivity contribution in [2.75, 3.05) is 10.6 Å². The molecule has 6 N–H and O–H groups in total. The molecule has 0 fully saturated rings. The minimum absolute atomic E-state index is 0.0148. The van der Waals surface area contributed by atoms with Gasteiger partial charge in [-0.1, -0.05) is 87.0 Å². The molecule has 16 heteroatoms. The van der Waals surface area contributed by atoms with E-state index in [1.165, 1.54) is 103 Å². The van der Waals surface area contributed by atoms with Gasteiger partial charge in [0.1, 0.15) is 0 Å². The first-order chi connectivity index (χ1) is 27.5. The fourth-order valence-electron chi connectivity index (χ4n) is 4.90. The normalized spacial score (nSPS) is 11.4. The molecule has 4 rings (SSSR count). The minimum atomic E-state index is -3.88. The highest BCUT2D eigenvalue weighted by Gasteiger charge is 2.18. The van der Waals surface area contributed by atoms with Crippen LogP contribution in [0.2, 0.25) is 0 Å². The van der Waals surface area contributed by atoms with Gasteiger partial charge >= 0.3 is 11.9 Å². The maximum atomic E-state index is 12.5. The fraction of sp³-hybridized carbons (Fsp3) is 0.0476. The molecule has 300 valence electrons. The van der Waals surface area contributed by atoms with Gasteiger partial charge in [0.05, 0.1) is 45.1 Å². The molecule has 14 nitrogen and oxygen atoms in total. The van der Waals surface area contributed by atoms with Crippen LogP contribution < -0.4 is 20.1 Å². The van der Waals surface area contributed by atoms with E-state index in [4.69, 9.17) is 5.11 Å². The molecule has 0 aliphatic heterocycles. The summed E-state index contributed by atoms with van der Waals surface area (Å²) in [5.41, 5.74) is 1.87. The number of amides is 2. The largest absolute Gasteiger partial charge is 0.478 e. The number of benzene rings is 4. The lowest BCUT2D eigenvalue weighted by molar-refractivity contribution is -0.116. The predicted molar refractivity (Wildman–Crippen MR) is 222 cm³/mol. The Morgan fingerprint density at radius 2 is 0.966 bits per heavy atom. The van der Waals surface area contributed by atoms with Crippen molar-refractivity contribution in [1.82, 2.24) is 9.44 Å². The van der Waals surface area contributed by atoms with Gasteiger partial charge in [0, 0.05) is 11.4 Å². The first-order valence-corrected chi connectivity index (χ1v) is 19.9. The Bertz CT molecular complexity index is 2510. The second kappa shape index (κ2) is 21.1. The molecule has 0 heterocycles. The number of aromatic carboxylic acids is 2. The molecule has 0 aliphatic rings. The van der Waals surface area contributed by atoms with E-state index < -0.39 is 43.8 Å². The van der Waals surface area contributed by atoms with Crippen molar-refractivity contribution in [1.29, 1.82) is 0 Å². The van der Waals surface area contributed by atoms with Crippen LogP contribution in [0.3, 0.4) is 0 Å². The van der Waals surface area contributed by atoms with Crippen molar-refractivity contribution in [3.05, 3.63) is 193 Å². The molecule has 2 amide bonds. The number of hydrogen-bond donors (Lipinski definition) is 6. The zero-order chi connectivity index (χ0) is 42.9. The summed E-state index contributed by atoms with van der Waals surface area (Å²) >= 11 is 0. The van der Waals surface area contributed by atoms with Crippen molar-refractivity contribution >= 4 is 55.2 Å². The molecule has 0 unspecified atom stereocenters. The Hall–Kier alpha value is -7.30. The summed E-state index contributed by atoms with van der Waals surface area (Å²) in [7, 11) is -7.68. The van der Waals surface area contributed by atoms with E-state index in [9.17, 15) is 41.1 Å². The first kappa shape index (κ1) is 45.1. The molecule has 0 spiro atoms. The lowest BCUT2D eigenvalue weighted by Crippen LogP contribution is -2.22. The third kappa shape index (κ3) is 13.5.